The third-order valence-electron chi connectivity index (χ3n) is 3.49. The summed E-state index contributed by atoms with van der Waals surface area (Å²) in [6.07, 6.45) is 0.0642. The number of carbonyl (C=O) groups excluding carboxylic acids is 1. The van der Waals surface area contributed by atoms with E-state index in [1.54, 1.807) is 17.7 Å². The Labute approximate surface area is 139 Å². The van der Waals surface area contributed by atoms with Crippen LogP contribution in [0.4, 0.5) is 10.1 Å². The van der Waals surface area contributed by atoms with Crippen molar-refractivity contribution in [3.63, 3.8) is 0 Å². The van der Waals surface area contributed by atoms with E-state index in [4.69, 9.17) is 0 Å². The average Bonchev–Trinajstić information content (AvgIpc) is 2.85. The third-order valence-corrected chi connectivity index (χ3v) is 4.59. The first-order chi connectivity index (χ1) is 11.4. The number of aryl methyl sites for hydroxylation is 1. The number of fused-ring (bicyclic) bond motifs is 1. The highest BCUT2D eigenvalue weighted by Gasteiger charge is 2.11. The summed E-state index contributed by atoms with van der Waals surface area (Å²) in [5.74, 6) is -0.723. The summed E-state index contributed by atoms with van der Waals surface area (Å²) in [6.45, 7) is 0. The molecule has 0 aliphatic rings. The molecule has 0 aliphatic carbocycles. The number of non-ortho nitro benzene ring substituents is 1. The lowest BCUT2D eigenvalue weighted by Crippen LogP contribution is -2.14. The minimum absolute atomic E-state index is 0.00598. The van der Waals surface area contributed by atoms with Crippen molar-refractivity contribution in [3.8, 4) is 0 Å². The van der Waals surface area contributed by atoms with Crippen LogP contribution in [0.2, 0.25) is 0 Å². The molecule has 8 heteroatoms. The molecule has 0 atom stereocenters. The van der Waals surface area contributed by atoms with E-state index in [9.17, 15) is 19.3 Å². The molecule has 122 valence electrons. The van der Waals surface area contributed by atoms with Gasteiger partial charge in [0.1, 0.15) is 5.82 Å². The lowest BCUT2D eigenvalue weighted by atomic mass is 10.1. The van der Waals surface area contributed by atoms with Gasteiger partial charge in [0.15, 0.2) is 4.80 Å². The number of aromatic nitrogens is 1. The van der Waals surface area contributed by atoms with Crippen molar-refractivity contribution in [3.05, 3.63) is 68.8 Å². The van der Waals surface area contributed by atoms with Crippen LogP contribution in [-0.2, 0) is 18.3 Å². The van der Waals surface area contributed by atoms with Gasteiger partial charge in [0, 0.05) is 19.2 Å². The second-order valence-electron chi connectivity index (χ2n) is 5.16. The molecule has 3 rings (SSSR count). The molecule has 0 spiro atoms. The van der Waals surface area contributed by atoms with Crippen LogP contribution in [0.3, 0.4) is 0 Å². The van der Waals surface area contributed by atoms with Crippen LogP contribution in [0.25, 0.3) is 10.2 Å². The van der Waals surface area contributed by atoms with Crippen LogP contribution in [0.15, 0.2) is 47.5 Å². The lowest BCUT2D eigenvalue weighted by Gasteiger charge is -1.97. The molecule has 3 aromatic rings. The van der Waals surface area contributed by atoms with E-state index in [1.165, 1.54) is 47.7 Å². The van der Waals surface area contributed by atoms with Crippen LogP contribution in [0, 0.1) is 15.9 Å². The maximum absolute atomic E-state index is 12.9. The van der Waals surface area contributed by atoms with Gasteiger partial charge in [-0.15, -0.1) is 0 Å². The van der Waals surface area contributed by atoms with Crippen molar-refractivity contribution < 1.29 is 14.1 Å². The van der Waals surface area contributed by atoms with Crippen molar-refractivity contribution in [2.75, 3.05) is 0 Å². The van der Waals surface area contributed by atoms with Crippen molar-refractivity contribution in [2.45, 2.75) is 6.42 Å². The second kappa shape index (κ2) is 6.32. The van der Waals surface area contributed by atoms with E-state index in [1.807, 2.05) is 0 Å². The van der Waals surface area contributed by atoms with Crippen LogP contribution < -0.4 is 4.80 Å². The minimum atomic E-state index is -0.463. The standard InChI is InChI=1S/C16H12FN3O3S/c1-19-13-7-6-12(20(22)23)9-14(13)24-16(19)18-15(21)8-10-2-4-11(17)5-3-10/h2-7,9H,8H2,1H3. The number of benzene rings is 2. The summed E-state index contributed by atoms with van der Waals surface area (Å²) in [7, 11) is 1.74. The highest BCUT2D eigenvalue weighted by atomic mass is 32.1. The van der Waals surface area contributed by atoms with Gasteiger partial charge in [-0.2, -0.15) is 4.99 Å². The molecular formula is C16H12FN3O3S. The first-order valence-corrected chi connectivity index (χ1v) is 7.81. The van der Waals surface area contributed by atoms with Gasteiger partial charge < -0.3 is 4.57 Å². The molecule has 0 N–H and O–H groups in total. The largest absolute Gasteiger partial charge is 0.319 e. The Hall–Kier alpha value is -2.87. The quantitative estimate of drug-likeness (QED) is 0.541. The Morgan fingerprint density at radius 1 is 1.29 bits per heavy atom. The number of nitrogens with zero attached hydrogens (tertiary/aromatic N) is 3. The summed E-state index contributed by atoms with van der Waals surface area (Å²) < 4.78 is 15.3. The predicted molar refractivity (Wildman–Crippen MR) is 88.1 cm³/mol. The van der Waals surface area contributed by atoms with E-state index in [2.05, 4.69) is 4.99 Å². The maximum Gasteiger partial charge on any atom is 0.270 e. The Balaban J connectivity index is 1.94. The molecule has 0 aliphatic heterocycles. The van der Waals surface area contributed by atoms with E-state index < -0.39 is 4.92 Å². The van der Waals surface area contributed by atoms with Gasteiger partial charge in [-0.3, -0.25) is 14.9 Å². The number of amides is 1. The summed E-state index contributed by atoms with van der Waals surface area (Å²) in [5, 5.41) is 10.8. The first kappa shape index (κ1) is 16.0. The zero-order valence-corrected chi connectivity index (χ0v) is 13.4. The fourth-order valence-corrected chi connectivity index (χ4v) is 3.33. The molecule has 6 nitrogen and oxygen atoms in total. The Morgan fingerprint density at radius 3 is 2.67 bits per heavy atom. The van der Waals surface area contributed by atoms with Gasteiger partial charge in [0.25, 0.3) is 11.6 Å². The number of hydrogen-bond donors (Lipinski definition) is 0. The van der Waals surface area contributed by atoms with Crippen LogP contribution >= 0.6 is 11.3 Å². The second-order valence-corrected chi connectivity index (χ2v) is 6.17. The van der Waals surface area contributed by atoms with E-state index >= 15 is 0 Å². The number of carbonyl (C=O) groups is 1. The summed E-state index contributed by atoms with van der Waals surface area (Å²) in [6, 6.07) is 10.2. The molecule has 0 bridgehead atoms. The van der Waals surface area contributed by atoms with Crippen LogP contribution in [0.1, 0.15) is 5.56 Å². The molecule has 0 radical (unpaired) electrons. The van der Waals surface area contributed by atoms with E-state index in [0.29, 0.717) is 15.1 Å². The van der Waals surface area contributed by atoms with Gasteiger partial charge in [-0.1, -0.05) is 23.5 Å². The van der Waals surface area contributed by atoms with Crippen molar-refractivity contribution in [1.29, 1.82) is 0 Å². The number of halogens is 1. The summed E-state index contributed by atoms with van der Waals surface area (Å²) >= 11 is 1.21. The Morgan fingerprint density at radius 2 is 2.00 bits per heavy atom. The predicted octanol–water partition coefficient (Wildman–Crippen LogP) is 2.96. The number of rotatable bonds is 3. The average molecular weight is 345 g/mol. The summed E-state index contributed by atoms with van der Waals surface area (Å²) in [4.78, 5) is 27.0. The molecule has 0 unspecified atom stereocenters. The molecule has 1 heterocycles. The minimum Gasteiger partial charge on any atom is -0.319 e. The molecule has 1 amide bonds. The Kier molecular flexibility index (Phi) is 4.22. The molecule has 0 saturated carbocycles. The van der Waals surface area contributed by atoms with Crippen molar-refractivity contribution >= 4 is 33.1 Å². The monoisotopic (exact) mass is 345 g/mol. The van der Waals surface area contributed by atoms with Crippen molar-refractivity contribution in [1.82, 2.24) is 4.57 Å². The SMILES string of the molecule is Cn1c(=NC(=O)Cc2ccc(F)cc2)sc2cc([N+](=O)[O-])ccc21. The fourth-order valence-electron chi connectivity index (χ4n) is 2.27. The van der Waals surface area contributed by atoms with Gasteiger partial charge in [-0.05, 0) is 23.8 Å². The van der Waals surface area contributed by atoms with Gasteiger partial charge in [-0.25, -0.2) is 4.39 Å². The number of nitro groups is 1. The number of hydrogen-bond acceptors (Lipinski definition) is 4. The maximum atomic E-state index is 12.9. The number of nitro benzene ring substituents is 1. The lowest BCUT2D eigenvalue weighted by molar-refractivity contribution is -0.384. The molecule has 0 saturated heterocycles. The zero-order valence-electron chi connectivity index (χ0n) is 12.6. The van der Waals surface area contributed by atoms with Crippen molar-refractivity contribution in [2.24, 2.45) is 12.0 Å². The zero-order chi connectivity index (χ0) is 17.3. The van der Waals surface area contributed by atoms with Gasteiger partial charge >= 0.3 is 0 Å². The van der Waals surface area contributed by atoms with E-state index in [0.717, 1.165) is 5.52 Å². The van der Waals surface area contributed by atoms with Crippen LogP contribution in [-0.4, -0.2) is 15.4 Å². The molecular weight excluding hydrogens is 333 g/mol. The fraction of sp³-hybridized carbons (Fsp3) is 0.125. The molecule has 24 heavy (non-hydrogen) atoms. The van der Waals surface area contributed by atoms with Gasteiger partial charge in [0.2, 0.25) is 0 Å². The highest BCUT2D eigenvalue weighted by Crippen LogP contribution is 2.22. The topological polar surface area (TPSA) is 77.5 Å². The summed E-state index contributed by atoms with van der Waals surface area (Å²) in [5.41, 5.74) is 1.43. The number of thiazole rings is 1. The third kappa shape index (κ3) is 3.23. The first-order valence-electron chi connectivity index (χ1n) is 7.00. The smallest absolute Gasteiger partial charge is 0.270 e. The molecule has 2 aromatic carbocycles. The van der Waals surface area contributed by atoms with E-state index in [-0.39, 0.29) is 23.8 Å². The molecule has 0 fully saturated rings. The highest BCUT2D eigenvalue weighted by molar-refractivity contribution is 7.16. The van der Waals surface area contributed by atoms with Gasteiger partial charge in [0.05, 0.1) is 21.6 Å². The molecule has 1 aromatic heterocycles. The Bertz CT molecular complexity index is 1010. The van der Waals surface area contributed by atoms with Crippen LogP contribution in [0.5, 0.6) is 0 Å². The normalized spacial score (nSPS) is 11.8.